The third kappa shape index (κ3) is 7.23. The van der Waals surface area contributed by atoms with Gasteiger partial charge in [-0.3, -0.25) is 0 Å². The minimum absolute atomic E-state index is 0.209. The fourth-order valence-electron chi connectivity index (χ4n) is 1.80. The number of anilines is 1. The molecule has 0 aromatic carbocycles. The van der Waals surface area contributed by atoms with E-state index in [1.54, 1.807) is 53.3 Å². The first-order valence-corrected chi connectivity index (χ1v) is 9.92. The van der Waals surface area contributed by atoms with Gasteiger partial charge in [-0.05, 0) is 69.8 Å². The van der Waals surface area contributed by atoms with E-state index in [0.29, 0.717) is 5.75 Å². The van der Waals surface area contributed by atoms with Crippen molar-refractivity contribution in [3.63, 3.8) is 0 Å². The number of pyridine rings is 1. The maximum atomic E-state index is 12.7. The van der Waals surface area contributed by atoms with Crippen LogP contribution in [0.4, 0.5) is 15.4 Å². The lowest BCUT2D eigenvalue weighted by Crippen LogP contribution is -2.44. The molecule has 140 valence electrons. The van der Waals surface area contributed by atoms with E-state index in [-0.39, 0.29) is 5.82 Å². The average Bonchev–Trinajstić information content (AvgIpc) is 2.37. The van der Waals surface area contributed by atoms with Gasteiger partial charge in [-0.15, -0.1) is 0 Å². The molecule has 0 aliphatic carbocycles. The molecule has 1 heterocycles. The van der Waals surface area contributed by atoms with E-state index < -0.39 is 23.4 Å². The Balaban J connectivity index is 3.36. The molecule has 0 saturated heterocycles. The van der Waals surface area contributed by atoms with E-state index in [4.69, 9.17) is 9.47 Å². The highest BCUT2D eigenvalue weighted by atomic mass is 79.9. The Morgan fingerprint density at radius 3 is 2.00 bits per heavy atom. The summed E-state index contributed by atoms with van der Waals surface area (Å²) in [4.78, 5) is 30.5. The number of hydrogen-bond donors (Lipinski definition) is 0. The number of halogens is 1. The second-order valence-electron chi connectivity index (χ2n) is 7.37. The lowest BCUT2D eigenvalue weighted by molar-refractivity contribution is 0.0428. The van der Waals surface area contributed by atoms with Gasteiger partial charge in [0.2, 0.25) is 0 Å². The smallest absolute Gasteiger partial charge is 0.425 e. The van der Waals surface area contributed by atoms with E-state index in [0.717, 1.165) is 14.9 Å². The van der Waals surface area contributed by atoms with Crippen LogP contribution in [0, 0.1) is 0 Å². The van der Waals surface area contributed by atoms with Crippen LogP contribution < -0.4 is 4.90 Å². The summed E-state index contributed by atoms with van der Waals surface area (Å²) in [5, 5.41) is 0. The molecule has 0 aliphatic rings. The number of aromatic nitrogens is 1. The van der Waals surface area contributed by atoms with E-state index in [1.807, 2.05) is 12.3 Å². The summed E-state index contributed by atoms with van der Waals surface area (Å²) < 4.78 is 11.5. The molecular weight excluding hydrogens is 408 g/mol. The molecule has 1 aromatic rings. The SMILES string of the molecule is CSCc1cc(Br)cnc1N(C(=O)OC(C)(C)C)C(=O)OC(C)(C)C. The van der Waals surface area contributed by atoms with Crippen LogP contribution in [0.2, 0.25) is 0 Å². The summed E-state index contributed by atoms with van der Waals surface area (Å²) >= 11 is 4.92. The first-order chi connectivity index (χ1) is 11.3. The lowest BCUT2D eigenvalue weighted by Gasteiger charge is -2.29. The highest BCUT2D eigenvalue weighted by Crippen LogP contribution is 2.28. The monoisotopic (exact) mass is 432 g/mol. The van der Waals surface area contributed by atoms with Crippen molar-refractivity contribution in [3.8, 4) is 0 Å². The van der Waals surface area contributed by atoms with Crippen molar-refractivity contribution in [2.45, 2.75) is 58.5 Å². The van der Waals surface area contributed by atoms with Crippen molar-refractivity contribution in [1.82, 2.24) is 4.98 Å². The molecule has 0 fully saturated rings. The van der Waals surface area contributed by atoms with Crippen LogP contribution in [0.5, 0.6) is 0 Å². The van der Waals surface area contributed by atoms with Crippen LogP contribution in [0.25, 0.3) is 0 Å². The highest BCUT2D eigenvalue weighted by molar-refractivity contribution is 9.10. The number of thioether (sulfide) groups is 1. The molecule has 6 nitrogen and oxygen atoms in total. The fourth-order valence-corrected chi connectivity index (χ4v) is 2.70. The van der Waals surface area contributed by atoms with E-state index in [1.165, 1.54) is 6.20 Å². The molecule has 0 saturated carbocycles. The predicted octanol–water partition coefficient (Wildman–Crippen LogP) is 5.38. The number of amides is 2. The first-order valence-electron chi connectivity index (χ1n) is 7.73. The summed E-state index contributed by atoms with van der Waals surface area (Å²) in [6.45, 7) is 10.4. The molecule has 2 amide bonds. The second-order valence-corrected chi connectivity index (χ2v) is 9.15. The van der Waals surface area contributed by atoms with Gasteiger partial charge in [0.05, 0.1) is 0 Å². The van der Waals surface area contributed by atoms with E-state index >= 15 is 0 Å². The molecule has 0 radical (unpaired) electrons. The van der Waals surface area contributed by atoms with Crippen molar-refractivity contribution in [3.05, 3.63) is 22.3 Å². The Labute approximate surface area is 161 Å². The zero-order valence-corrected chi connectivity index (χ0v) is 18.1. The quantitative estimate of drug-likeness (QED) is 0.637. The summed E-state index contributed by atoms with van der Waals surface area (Å²) in [6.07, 6.45) is 1.81. The van der Waals surface area contributed by atoms with Crippen molar-refractivity contribution in [1.29, 1.82) is 0 Å². The Morgan fingerprint density at radius 1 is 1.12 bits per heavy atom. The van der Waals surface area contributed by atoms with Crippen LogP contribution in [-0.4, -0.2) is 34.6 Å². The maximum absolute atomic E-state index is 12.7. The third-order valence-electron chi connectivity index (χ3n) is 2.57. The number of nitrogens with zero attached hydrogens (tertiary/aromatic N) is 2. The van der Waals surface area contributed by atoms with Gasteiger partial charge in [-0.1, -0.05) is 0 Å². The minimum Gasteiger partial charge on any atom is -0.443 e. The standard InChI is InChI=1S/C17H25BrN2O4S/c1-16(2,3)23-14(21)20(15(22)24-17(4,5)6)13-11(10-25-7)8-12(18)9-19-13/h8-9H,10H2,1-7H3. The molecule has 0 aliphatic heterocycles. The molecule has 0 bridgehead atoms. The first kappa shape index (κ1) is 21.8. The van der Waals surface area contributed by atoms with Crippen molar-refractivity contribution >= 4 is 45.7 Å². The van der Waals surface area contributed by atoms with Gasteiger partial charge in [0, 0.05) is 22.0 Å². The number of carbonyl (C=O) groups excluding carboxylic acids is 2. The van der Waals surface area contributed by atoms with Gasteiger partial charge < -0.3 is 9.47 Å². The second kappa shape index (κ2) is 8.40. The van der Waals surface area contributed by atoms with E-state index in [9.17, 15) is 9.59 Å². The van der Waals surface area contributed by atoms with Crippen LogP contribution in [0.1, 0.15) is 47.1 Å². The van der Waals surface area contributed by atoms with Crippen molar-refractivity contribution < 1.29 is 19.1 Å². The molecule has 0 atom stereocenters. The van der Waals surface area contributed by atoms with Crippen molar-refractivity contribution in [2.75, 3.05) is 11.2 Å². The predicted molar refractivity (Wildman–Crippen MR) is 104 cm³/mol. The van der Waals surface area contributed by atoms with Crippen LogP contribution in [-0.2, 0) is 15.2 Å². The Hall–Kier alpha value is -1.28. The van der Waals surface area contributed by atoms with Gasteiger partial charge in [-0.25, -0.2) is 14.6 Å². The number of hydrogen-bond acceptors (Lipinski definition) is 6. The number of rotatable bonds is 3. The van der Waals surface area contributed by atoms with Crippen molar-refractivity contribution in [2.24, 2.45) is 0 Å². The topological polar surface area (TPSA) is 68.7 Å². The summed E-state index contributed by atoms with van der Waals surface area (Å²) in [6, 6.07) is 1.82. The summed E-state index contributed by atoms with van der Waals surface area (Å²) in [5.74, 6) is 0.783. The van der Waals surface area contributed by atoms with E-state index in [2.05, 4.69) is 20.9 Å². The maximum Gasteiger partial charge on any atom is 0.425 e. The fraction of sp³-hybridized carbons (Fsp3) is 0.588. The van der Waals surface area contributed by atoms with Crippen LogP contribution in [0.3, 0.4) is 0 Å². The molecule has 8 heteroatoms. The average molecular weight is 433 g/mol. The zero-order chi connectivity index (χ0) is 19.4. The molecular formula is C17H25BrN2O4S. The lowest BCUT2D eigenvalue weighted by atomic mass is 10.2. The number of carbonyl (C=O) groups is 2. The molecule has 25 heavy (non-hydrogen) atoms. The Bertz CT molecular complexity index is 611. The minimum atomic E-state index is -0.820. The normalized spacial score (nSPS) is 11.8. The third-order valence-corrected chi connectivity index (χ3v) is 3.61. The summed E-state index contributed by atoms with van der Waals surface area (Å²) in [5.41, 5.74) is -0.794. The van der Waals surface area contributed by atoms with Gasteiger partial charge >= 0.3 is 12.2 Å². The van der Waals surface area contributed by atoms with Gasteiger partial charge in [0.1, 0.15) is 11.2 Å². The Morgan fingerprint density at radius 2 is 1.60 bits per heavy atom. The van der Waals surface area contributed by atoms with Gasteiger partial charge in [-0.2, -0.15) is 16.7 Å². The zero-order valence-electron chi connectivity index (χ0n) is 15.7. The molecule has 1 aromatic heterocycles. The highest BCUT2D eigenvalue weighted by Gasteiger charge is 2.34. The molecule has 0 spiro atoms. The Kier molecular flexibility index (Phi) is 7.31. The molecule has 0 N–H and O–H groups in total. The summed E-state index contributed by atoms with van der Waals surface area (Å²) in [7, 11) is 0. The molecule has 1 rings (SSSR count). The molecule has 0 unspecified atom stereocenters. The van der Waals surface area contributed by atoms with Gasteiger partial charge in [0.15, 0.2) is 5.82 Å². The van der Waals surface area contributed by atoms with Crippen LogP contribution >= 0.6 is 27.7 Å². The van der Waals surface area contributed by atoms with Gasteiger partial charge in [0.25, 0.3) is 0 Å². The number of imide groups is 1. The largest absolute Gasteiger partial charge is 0.443 e. The number of ether oxygens (including phenoxy) is 2. The van der Waals surface area contributed by atoms with Crippen LogP contribution in [0.15, 0.2) is 16.7 Å².